The highest BCUT2D eigenvalue weighted by Crippen LogP contribution is 2.41. The quantitative estimate of drug-likeness (QED) is 0.0670. The number of aromatic nitrogens is 2. The summed E-state index contributed by atoms with van der Waals surface area (Å²) in [5.74, 6) is 0. The molecule has 2 heteroatoms. The van der Waals surface area contributed by atoms with E-state index < -0.39 is 0 Å². The van der Waals surface area contributed by atoms with Crippen molar-refractivity contribution in [2.45, 2.75) is 142 Å². The summed E-state index contributed by atoms with van der Waals surface area (Å²) in [4.78, 5) is 9.54. The zero-order valence-corrected chi connectivity index (χ0v) is 77.9. The van der Waals surface area contributed by atoms with Crippen LogP contribution >= 0.6 is 0 Å². The third kappa shape index (κ3) is 22.1. The Morgan fingerprint density at radius 3 is 0.667 bits per heavy atom. The number of hydrogen-bond donors (Lipinski definition) is 0. The Labute approximate surface area is 768 Å². The Morgan fingerprint density at radius 1 is 0.163 bits per heavy atom. The Kier molecular flexibility index (Phi) is 27.5. The van der Waals surface area contributed by atoms with Crippen molar-refractivity contribution >= 4 is 0 Å². The van der Waals surface area contributed by atoms with Crippen LogP contribution in [0.4, 0.5) is 0 Å². The molecule has 0 N–H and O–H groups in total. The van der Waals surface area contributed by atoms with Crippen molar-refractivity contribution in [1.29, 1.82) is 0 Å². The van der Waals surface area contributed by atoms with Crippen molar-refractivity contribution in [2.75, 3.05) is 0 Å². The summed E-state index contributed by atoms with van der Waals surface area (Å²) in [5, 5.41) is 0. The van der Waals surface area contributed by atoms with E-state index in [0.29, 0.717) is 0 Å². The average molecular weight is 1670 g/mol. The van der Waals surface area contributed by atoms with Crippen LogP contribution in [0.15, 0.2) is 370 Å². The van der Waals surface area contributed by atoms with Gasteiger partial charge in [-0.3, -0.25) is 9.97 Å². The highest BCUT2D eigenvalue weighted by molar-refractivity contribution is 5.85. The lowest BCUT2D eigenvalue weighted by molar-refractivity contribution is 0.632. The molecular formula is C127H118N2. The summed E-state index contributed by atoms with van der Waals surface area (Å²) in [6.45, 7) is 32.7. The van der Waals surface area contributed by atoms with E-state index in [2.05, 4.69) is 462 Å². The molecule has 0 atom stereocenters. The van der Waals surface area contributed by atoms with Crippen LogP contribution in [-0.2, 0) is 6.42 Å². The van der Waals surface area contributed by atoms with Gasteiger partial charge in [0.15, 0.2) is 0 Å². The maximum Gasteiger partial charge on any atom is 0.0885 e. The lowest BCUT2D eigenvalue weighted by Crippen LogP contribution is -1.93. The molecule has 18 rings (SSSR count). The Morgan fingerprint density at radius 2 is 0.380 bits per heavy atom. The third-order valence-corrected chi connectivity index (χ3v) is 24.9. The molecule has 1 aromatic heterocycles. The van der Waals surface area contributed by atoms with Gasteiger partial charge >= 0.3 is 0 Å². The summed E-state index contributed by atoms with van der Waals surface area (Å²) in [6.07, 6.45) is 11.3. The number of unbranched alkanes of at least 4 members (excludes halogenated alkanes) is 4. The van der Waals surface area contributed by atoms with Gasteiger partial charge in [0.1, 0.15) is 0 Å². The highest BCUT2D eigenvalue weighted by Gasteiger charge is 2.17. The number of nitrogens with zero attached hydrogens (tertiary/aromatic N) is 2. The number of rotatable bonds is 21. The molecule has 0 bridgehead atoms. The second kappa shape index (κ2) is 40.2. The van der Waals surface area contributed by atoms with Crippen molar-refractivity contribution < 1.29 is 0 Å². The Bertz CT molecular complexity index is 6670. The van der Waals surface area contributed by atoms with E-state index in [4.69, 9.17) is 9.97 Å². The van der Waals surface area contributed by atoms with E-state index >= 15 is 0 Å². The second-order valence-electron chi connectivity index (χ2n) is 36.3. The van der Waals surface area contributed by atoms with Crippen LogP contribution in [0.5, 0.6) is 0 Å². The smallest absolute Gasteiger partial charge is 0.0885 e. The Balaban J connectivity index is 0.000000142. The molecule has 0 aliphatic carbocycles. The number of benzene rings is 17. The van der Waals surface area contributed by atoms with Crippen molar-refractivity contribution in [3.8, 4) is 167 Å². The first-order chi connectivity index (χ1) is 62.5. The second-order valence-corrected chi connectivity index (χ2v) is 36.3. The maximum absolute atomic E-state index is 4.77. The van der Waals surface area contributed by atoms with Gasteiger partial charge in [-0.1, -0.05) is 421 Å². The summed E-state index contributed by atoms with van der Waals surface area (Å²) in [6, 6.07) is 132. The van der Waals surface area contributed by atoms with Crippen LogP contribution in [0.25, 0.3) is 167 Å². The molecule has 0 fully saturated rings. The van der Waals surface area contributed by atoms with Crippen molar-refractivity contribution in [3.63, 3.8) is 0 Å². The van der Waals surface area contributed by atoms with Gasteiger partial charge in [-0.25, -0.2) is 0 Å². The van der Waals surface area contributed by atoms with Gasteiger partial charge in [-0.05, 0) is 308 Å². The minimum atomic E-state index is 0.866. The summed E-state index contributed by atoms with van der Waals surface area (Å²) < 4.78 is 0. The van der Waals surface area contributed by atoms with Crippen LogP contribution in [-0.4, -0.2) is 9.97 Å². The fourth-order valence-electron chi connectivity index (χ4n) is 18.9. The van der Waals surface area contributed by atoms with Gasteiger partial charge in [-0.2, -0.15) is 0 Å². The number of hydrogen-bond acceptors (Lipinski definition) is 2. The Hall–Kier alpha value is -14.2. The van der Waals surface area contributed by atoms with Gasteiger partial charge in [0.2, 0.25) is 0 Å². The van der Waals surface area contributed by atoms with E-state index in [1.807, 2.05) is 12.4 Å². The fraction of sp³-hybridized carbons (Fsp3) is 0.165. The highest BCUT2D eigenvalue weighted by atomic mass is 14.8. The van der Waals surface area contributed by atoms with Crippen LogP contribution in [0.2, 0.25) is 0 Å². The van der Waals surface area contributed by atoms with Gasteiger partial charge in [-0.15, -0.1) is 0 Å². The molecule has 0 amide bonds. The van der Waals surface area contributed by atoms with E-state index in [-0.39, 0.29) is 0 Å². The minimum absolute atomic E-state index is 0.866. The zero-order chi connectivity index (χ0) is 89.8. The van der Waals surface area contributed by atoms with Crippen molar-refractivity contribution in [2.24, 2.45) is 0 Å². The molecule has 636 valence electrons. The molecule has 1 heterocycles. The summed E-state index contributed by atoms with van der Waals surface area (Å²) >= 11 is 0. The molecule has 0 saturated carbocycles. The first-order valence-corrected chi connectivity index (χ1v) is 46.0. The molecular weight excluding hydrogens is 1550 g/mol. The fourth-order valence-corrected chi connectivity index (χ4v) is 18.9. The molecule has 129 heavy (non-hydrogen) atoms. The van der Waals surface area contributed by atoms with Crippen LogP contribution < -0.4 is 0 Å². The SMILES string of the molecule is CCCCCCCc1cc(-c2cccc(-c3cc(C)cc(C)c3)c2)ccc1-c1ccc(-c2cccc(-c3cc(C)cc(C)c3)c2)cc1.Cc1cc(C)cc(-c2cccc(-c3ccc(-c4ccc(-c5cccc(-c6cc(C)cc(C)c6)c5)cc4C)c(C)c3)c2)c1.Cc1cc(C)cc(-c2cccc(-c3ccc(-c4cnc(-c5cccc(-c6cc(C)cc(C)c6)c5)cn4)cc3)c2)c1. The van der Waals surface area contributed by atoms with Crippen LogP contribution in [0.1, 0.15) is 122 Å². The van der Waals surface area contributed by atoms with Crippen LogP contribution in [0, 0.1) is 96.9 Å². The molecule has 0 aliphatic heterocycles. The predicted molar refractivity (Wildman–Crippen MR) is 555 cm³/mol. The minimum Gasteiger partial charge on any atom is -0.252 e. The normalized spacial score (nSPS) is 11.1. The van der Waals surface area contributed by atoms with E-state index in [1.165, 1.54) is 260 Å². The zero-order valence-electron chi connectivity index (χ0n) is 77.9. The predicted octanol–water partition coefficient (Wildman–Crippen LogP) is 35.7. The molecule has 0 radical (unpaired) electrons. The molecule has 0 aliphatic rings. The first kappa shape index (κ1) is 88.3. The van der Waals surface area contributed by atoms with E-state index in [1.54, 1.807) is 0 Å². The van der Waals surface area contributed by atoms with Gasteiger partial charge in [0.05, 0.1) is 23.8 Å². The monoisotopic (exact) mass is 1670 g/mol. The van der Waals surface area contributed by atoms with Gasteiger partial charge in [0.25, 0.3) is 0 Å². The first-order valence-electron chi connectivity index (χ1n) is 46.0. The molecule has 17 aromatic carbocycles. The maximum atomic E-state index is 4.77. The standard InChI is InChI=1S/C47H48.C42H38.C38H32N2/c1-6-7-8-9-10-13-44-32-43(40-15-12-17-42(31-40)46-28-35(4)25-36(5)29-46)22-23-47(44)38-20-18-37(19-21-38)39-14-11-16-41(30-39)45-26-33(2)24-34(3)27-45;1-27-17-28(2)20-39(19-27)35-11-7-9-33(25-35)37-13-15-41(31(5)23-37)42-16-14-38(24-32(42)6)34-10-8-12-36(26-34)40-21-29(3)18-30(4)22-40;1-25-15-26(2)18-35(17-25)32-8-5-7-31(21-32)29-11-13-30(14-12-29)37-23-40-38(24-39-37)34-10-6-9-33(22-34)36-19-27(3)16-28(4)20-36/h11-12,14-32H,6-10,13H2,1-5H3;7-26H,1-6H3;5-24H,1-4H3. The largest absolute Gasteiger partial charge is 0.252 e. The molecule has 0 saturated heterocycles. The van der Waals surface area contributed by atoms with Gasteiger partial charge < -0.3 is 0 Å². The van der Waals surface area contributed by atoms with Crippen molar-refractivity contribution in [1.82, 2.24) is 9.97 Å². The summed E-state index contributed by atoms with van der Waals surface area (Å²) in [5.41, 5.74) is 56.1. The molecule has 0 spiro atoms. The average Bonchev–Trinajstić information content (AvgIpc) is 0.789. The molecule has 2 nitrogen and oxygen atoms in total. The van der Waals surface area contributed by atoms with E-state index in [9.17, 15) is 0 Å². The van der Waals surface area contributed by atoms with E-state index in [0.717, 1.165) is 28.9 Å². The molecule has 18 aromatic rings. The summed E-state index contributed by atoms with van der Waals surface area (Å²) in [7, 11) is 0. The van der Waals surface area contributed by atoms with Crippen LogP contribution in [0.3, 0.4) is 0 Å². The number of aryl methyl sites for hydroxylation is 15. The third-order valence-electron chi connectivity index (χ3n) is 24.9. The van der Waals surface area contributed by atoms with Crippen molar-refractivity contribution in [3.05, 3.63) is 454 Å². The van der Waals surface area contributed by atoms with Gasteiger partial charge in [0, 0.05) is 11.1 Å². The lowest BCUT2D eigenvalue weighted by atomic mass is 9.90. The topological polar surface area (TPSA) is 25.8 Å². The molecule has 0 unspecified atom stereocenters. The lowest BCUT2D eigenvalue weighted by Gasteiger charge is -2.15.